The van der Waals surface area contributed by atoms with Crippen molar-refractivity contribution in [3.8, 4) is 23.0 Å². The molecule has 8 heteroatoms. The Labute approximate surface area is 221 Å². The van der Waals surface area contributed by atoms with Gasteiger partial charge in [0.1, 0.15) is 23.4 Å². The van der Waals surface area contributed by atoms with Gasteiger partial charge in [-0.3, -0.25) is 14.5 Å². The van der Waals surface area contributed by atoms with Crippen LogP contribution in [0.2, 0.25) is 0 Å². The van der Waals surface area contributed by atoms with Crippen LogP contribution in [-0.4, -0.2) is 43.7 Å². The van der Waals surface area contributed by atoms with Gasteiger partial charge in [0.2, 0.25) is 0 Å². The quantitative estimate of drug-likeness (QED) is 0.267. The van der Waals surface area contributed by atoms with E-state index >= 15 is 0 Å². The number of aliphatic hydroxyl groups is 1. The second-order valence-corrected chi connectivity index (χ2v) is 9.17. The van der Waals surface area contributed by atoms with Crippen LogP contribution in [0.25, 0.3) is 5.76 Å². The smallest absolute Gasteiger partial charge is 0.300 e. The molecule has 2 atom stereocenters. The van der Waals surface area contributed by atoms with Crippen molar-refractivity contribution in [2.75, 3.05) is 25.7 Å². The number of anilines is 1. The summed E-state index contributed by atoms with van der Waals surface area (Å²) in [6.45, 7) is 4.22. The van der Waals surface area contributed by atoms with Crippen LogP contribution in [0.3, 0.4) is 0 Å². The Morgan fingerprint density at radius 2 is 1.84 bits per heavy atom. The van der Waals surface area contributed by atoms with Gasteiger partial charge in [-0.1, -0.05) is 12.1 Å². The van der Waals surface area contributed by atoms with Crippen molar-refractivity contribution in [3.05, 3.63) is 82.9 Å². The van der Waals surface area contributed by atoms with E-state index in [-0.39, 0.29) is 17.4 Å². The lowest BCUT2D eigenvalue weighted by Gasteiger charge is -2.26. The Hall–Kier alpha value is -4.46. The summed E-state index contributed by atoms with van der Waals surface area (Å²) in [5.41, 5.74) is 2.39. The van der Waals surface area contributed by atoms with Crippen molar-refractivity contribution in [1.29, 1.82) is 0 Å². The molecule has 196 valence electrons. The fourth-order valence-electron chi connectivity index (χ4n) is 5.03. The molecular formula is C30H29NO7. The SMILES string of the molecule is CCOc1cc(C2/C(=C(\O)c3ccc4c(c3)CC(C)O4)C(=O)C(=O)N2c2cccc(OC)c2)ccc1OC. The standard InChI is InChI=1S/C30H29NO7/c1-5-37-25-15-18(9-12-24(25)36-4)27-26(28(32)19-10-11-23-20(14-19)13-17(2)38-23)29(33)30(34)31(27)21-7-6-8-22(16-21)35-3/h6-12,14-17,27,32H,5,13H2,1-4H3/b28-26+. The average Bonchev–Trinajstić information content (AvgIpc) is 3.43. The number of benzene rings is 3. The lowest BCUT2D eigenvalue weighted by atomic mass is 9.94. The van der Waals surface area contributed by atoms with E-state index in [4.69, 9.17) is 18.9 Å². The Morgan fingerprint density at radius 3 is 2.58 bits per heavy atom. The van der Waals surface area contributed by atoms with Crippen molar-refractivity contribution in [3.63, 3.8) is 0 Å². The molecule has 3 aromatic carbocycles. The third-order valence-corrected chi connectivity index (χ3v) is 6.75. The van der Waals surface area contributed by atoms with Gasteiger partial charge < -0.3 is 24.1 Å². The number of carbonyl (C=O) groups excluding carboxylic acids is 2. The third-order valence-electron chi connectivity index (χ3n) is 6.75. The molecule has 1 fully saturated rings. The van der Waals surface area contributed by atoms with Crippen LogP contribution >= 0.6 is 0 Å². The number of nitrogens with zero attached hydrogens (tertiary/aromatic N) is 1. The Kier molecular flexibility index (Phi) is 6.72. The van der Waals surface area contributed by atoms with Gasteiger partial charge in [-0.2, -0.15) is 0 Å². The molecule has 0 radical (unpaired) electrons. The third kappa shape index (κ3) is 4.32. The normalized spacial score (nSPS) is 19.7. The zero-order valence-corrected chi connectivity index (χ0v) is 21.7. The van der Waals surface area contributed by atoms with Gasteiger partial charge in [0.05, 0.1) is 32.4 Å². The first-order valence-electron chi connectivity index (χ1n) is 12.4. The molecule has 0 bridgehead atoms. The highest BCUT2D eigenvalue weighted by molar-refractivity contribution is 6.51. The number of amides is 1. The number of hydrogen-bond acceptors (Lipinski definition) is 7. The largest absolute Gasteiger partial charge is 0.507 e. The molecule has 1 amide bonds. The zero-order valence-electron chi connectivity index (χ0n) is 21.7. The number of ketones is 1. The predicted octanol–water partition coefficient (Wildman–Crippen LogP) is 5.05. The number of rotatable bonds is 7. The zero-order chi connectivity index (χ0) is 27.0. The summed E-state index contributed by atoms with van der Waals surface area (Å²) < 4.78 is 22.4. The molecule has 2 heterocycles. The Balaban J connectivity index is 1.71. The molecule has 8 nitrogen and oxygen atoms in total. The minimum atomic E-state index is -0.921. The molecule has 1 N–H and O–H groups in total. The van der Waals surface area contributed by atoms with E-state index in [1.807, 2.05) is 19.9 Å². The lowest BCUT2D eigenvalue weighted by molar-refractivity contribution is -0.132. The summed E-state index contributed by atoms with van der Waals surface area (Å²) in [4.78, 5) is 28.4. The van der Waals surface area contributed by atoms with Crippen molar-refractivity contribution in [1.82, 2.24) is 0 Å². The van der Waals surface area contributed by atoms with Gasteiger partial charge in [-0.15, -0.1) is 0 Å². The lowest BCUT2D eigenvalue weighted by Crippen LogP contribution is -2.29. The molecule has 0 spiro atoms. The van der Waals surface area contributed by atoms with Gasteiger partial charge in [0.25, 0.3) is 11.7 Å². The van der Waals surface area contributed by atoms with E-state index in [2.05, 4.69) is 0 Å². The van der Waals surface area contributed by atoms with E-state index in [0.717, 1.165) is 11.3 Å². The van der Waals surface area contributed by atoms with Crippen molar-refractivity contribution >= 4 is 23.1 Å². The number of methoxy groups -OCH3 is 2. The number of hydrogen-bond donors (Lipinski definition) is 1. The molecule has 0 saturated carbocycles. The van der Waals surface area contributed by atoms with Crippen LogP contribution in [0.5, 0.6) is 23.0 Å². The summed E-state index contributed by atoms with van der Waals surface area (Å²) in [7, 11) is 3.07. The Morgan fingerprint density at radius 1 is 1.03 bits per heavy atom. The maximum absolute atomic E-state index is 13.5. The molecule has 2 unspecified atom stereocenters. The van der Waals surface area contributed by atoms with Gasteiger partial charge in [-0.25, -0.2) is 0 Å². The highest BCUT2D eigenvalue weighted by atomic mass is 16.5. The highest BCUT2D eigenvalue weighted by Gasteiger charge is 2.47. The molecule has 38 heavy (non-hydrogen) atoms. The van der Waals surface area contributed by atoms with Crippen molar-refractivity contribution in [2.24, 2.45) is 0 Å². The van der Waals surface area contributed by atoms with E-state index in [1.165, 1.54) is 19.1 Å². The maximum Gasteiger partial charge on any atom is 0.300 e. The second kappa shape index (κ2) is 10.1. The van der Waals surface area contributed by atoms with Gasteiger partial charge in [0, 0.05) is 23.7 Å². The first-order chi connectivity index (χ1) is 18.4. The number of ether oxygens (including phenoxy) is 4. The van der Waals surface area contributed by atoms with Gasteiger partial charge >= 0.3 is 0 Å². The topological polar surface area (TPSA) is 94.5 Å². The fourth-order valence-corrected chi connectivity index (χ4v) is 5.03. The maximum atomic E-state index is 13.5. The Bertz CT molecular complexity index is 1440. The minimum Gasteiger partial charge on any atom is -0.507 e. The van der Waals surface area contributed by atoms with Gasteiger partial charge in [0.15, 0.2) is 11.5 Å². The van der Waals surface area contributed by atoms with E-state index in [9.17, 15) is 14.7 Å². The summed E-state index contributed by atoms with van der Waals surface area (Å²) in [5.74, 6) is 0.467. The molecule has 5 rings (SSSR count). The predicted molar refractivity (Wildman–Crippen MR) is 142 cm³/mol. The van der Waals surface area contributed by atoms with E-state index < -0.39 is 17.7 Å². The first kappa shape index (κ1) is 25.2. The summed E-state index contributed by atoms with van der Waals surface area (Å²) in [5, 5.41) is 11.5. The second-order valence-electron chi connectivity index (χ2n) is 9.17. The van der Waals surface area contributed by atoms with Gasteiger partial charge in [-0.05, 0) is 67.4 Å². The summed E-state index contributed by atoms with van der Waals surface area (Å²) in [6.07, 6.45) is 0.714. The highest BCUT2D eigenvalue weighted by Crippen LogP contribution is 2.45. The molecule has 0 aromatic heterocycles. The molecule has 2 aliphatic heterocycles. The van der Waals surface area contributed by atoms with Crippen LogP contribution in [0.15, 0.2) is 66.2 Å². The van der Waals surface area contributed by atoms with Crippen LogP contribution in [-0.2, 0) is 16.0 Å². The summed E-state index contributed by atoms with van der Waals surface area (Å²) in [6, 6.07) is 16.5. The van der Waals surface area contributed by atoms with Crippen molar-refractivity contribution < 1.29 is 33.6 Å². The number of Topliss-reactive ketones (excluding diaryl/α,β-unsaturated/α-hetero) is 1. The average molecular weight is 516 g/mol. The molecule has 1 saturated heterocycles. The molecule has 2 aliphatic rings. The van der Waals surface area contributed by atoms with E-state index in [1.54, 1.807) is 54.6 Å². The fraction of sp³-hybridized carbons (Fsp3) is 0.267. The van der Waals surface area contributed by atoms with Crippen LogP contribution in [0.4, 0.5) is 5.69 Å². The van der Waals surface area contributed by atoms with Crippen LogP contribution in [0, 0.1) is 0 Å². The number of carbonyl (C=O) groups is 2. The minimum absolute atomic E-state index is 0.0163. The number of fused-ring (bicyclic) bond motifs is 1. The van der Waals surface area contributed by atoms with Crippen LogP contribution < -0.4 is 23.8 Å². The van der Waals surface area contributed by atoms with Crippen LogP contribution in [0.1, 0.15) is 36.6 Å². The van der Waals surface area contributed by atoms with Crippen molar-refractivity contribution in [2.45, 2.75) is 32.4 Å². The first-order valence-corrected chi connectivity index (χ1v) is 12.4. The molecule has 0 aliphatic carbocycles. The monoisotopic (exact) mass is 515 g/mol. The van der Waals surface area contributed by atoms with E-state index in [0.29, 0.717) is 47.1 Å². The number of aliphatic hydroxyl groups excluding tert-OH is 1. The summed E-state index contributed by atoms with van der Waals surface area (Å²) >= 11 is 0. The molecular weight excluding hydrogens is 486 g/mol. The molecule has 3 aromatic rings.